The van der Waals surface area contributed by atoms with Crippen LogP contribution in [-0.2, 0) is 9.59 Å². The number of hydrogen-bond acceptors (Lipinski definition) is 4. The highest BCUT2D eigenvalue weighted by molar-refractivity contribution is 5.81. The highest BCUT2D eigenvalue weighted by Gasteiger charge is 2.27. The number of rotatable bonds is 18. The second-order valence-corrected chi connectivity index (χ2v) is 9.30. The van der Waals surface area contributed by atoms with E-state index in [2.05, 4.69) is 12.2 Å². The number of amides is 2. The lowest BCUT2D eigenvalue weighted by Gasteiger charge is -2.36. The highest BCUT2D eigenvalue weighted by Crippen LogP contribution is 2.19. The Hall–Kier alpha value is -1.14. The third-order valence-electron chi connectivity index (χ3n) is 6.51. The van der Waals surface area contributed by atoms with Crippen LogP contribution in [0.5, 0.6) is 0 Å². The first kappa shape index (κ1) is 27.9. The Balaban J connectivity index is 2.20. The summed E-state index contributed by atoms with van der Waals surface area (Å²) in [6.45, 7) is 4.23. The molecule has 1 saturated heterocycles. The number of piperidine rings is 1. The SMILES string of the molecule is CCCCCCCCCCCCC(=O)N1CCCC[C@@H]1CNC(=O)[C@H](N)CCCCN. The molecule has 0 spiro atoms. The molecule has 1 aliphatic rings. The van der Waals surface area contributed by atoms with Gasteiger partial charge in [0.15, 0.2) is 0 Å². The summed E-state index contributed by atoms with van der Waals surface area (Å²) < 4.78 is 0. The molecule has 0 bridgehead atoms. The molecule has 0 aromatic heterocycles. The minimum Gasteiger partial charge on any atom is -0.353 e. The van der Waals surface area contributed by atoms with Gasteiger partial charge in [0.25, 0.3) is 0 Å². The standard InChI is InChI=1S/C25H50N4O2/c1-2-3-4-5-6-7-8-9-10-11-18-24(30)29-20-15-13-16-22(29)21-28-25(31)23(27)17-12-14-19-26/h22-23H,2-21,26-27H2,1H3,(H,28,31)/t22-,23-/m1/s1. The summed E-state index contributed by atoms with van der Waals surface area (Å²) in [6.07, 6.45) is 19.0. The molecule has 182 valence electrons. The number of carbonyl (C=O) groups excluding carboxylic acids is 2. The van der Waals surface area contributed by atoms with Gasteiger partial charge in [-0.1, -0.05) is 71.1 Å². The van der Waals surface area contributed by atoms with Gasteiger partial charge in [-0.05, 0) is 45.1 Å². The van der Waals surface area contributed by atoms with Gasteiger partial charge in [-0.15, -0.1) is 0 Å². The molecule has 0 aromatic carbocycles. The Bertz CT molecular complexity index is 472. The monoisotopic (exact) mass is 438 g/mol. The van der Waals surface area contributed by atoms with E-state index in [4.69, 9.17) is 11.5 Å². The molecule has 31 heavy (non-hydrogen) atoms. The van der Waals surface area contributed by atoms with Gasteiger partial charge in [0.05, 0.1) is 6.04 Å². The van der Waals surface area contributed by atoms with Crippen LogP contribution in [0, 0.1) is 0 Å². The highest BCUT2D eigenvalue weighted by atomic mass is 16.2. The van der Waals surface area contributed by atoms with Gasteiger partial charge in [-0.3, -0.25) is 9.59 Å². The Morgan fingerprint density at radius 3 is 2.23 bits per heavy atom. The quantitative estimate of drug-likeness (QED) is 0.278. The molecular formula is C25H50N4O2. The lowest BCUT2D eigenvalue weighted by atomic mass is 10.0. The van der Waals surface area contributed by atoms with E-state index in [9.17, 15) is 9.59 Å². The van der Waals surface area contributed by atoms with Gasteiger partial charge < -0.3 is 21.7 Å². The smallest absolute Gasteiger partial charge is 0.236 e. The fraction of sp³-hybridized carbons (Fsp3) is 0.920. The molecule has 1 aliphatic heterocycles. The van der Waals surface area contributed by atoms with Crippen molar-refractivity contribution in [2.75, 3.05) is 19.6 Å². The fourth-order valence-corrected chi connectivity index (χ4v) is 4.44. The van der Waals surface area contributed by atoms with E-state index in [-0.39, 0.29) is 17.9 Å². The van der Waals surface area contributed by atoms with E-state index in [0.29, 0.717) is 25.9 Å². The summed E-state index contributed by atoms with van der Waals surface area (Å²) in [6, 6.07) is -0.365. The number of carbonyl (C=O) groups is 2. The predicted octanol–water partition coefficient (Wildman–Crippen LogP) is 4.25. The average Bonchev–Trinajstić information content (AvgIpc) is 2.78. The number of likely N-dealkylation sites (tertiary alicyclic amines) is 1. The van der Waals surface area contributed by atoms with Crippen LogP contribution >= 0.6 is 0 Å². The first-order valence-corrected chi connectivity index (χ1v) is 13.1. The molecule has 6 nitrogen and oxygen atoms in total. The van der Waals surface area contributed by atoms with Gasteiger partial charge in [-0.25, -0.2) is 0 Å². The molecule has 0 aliphatic carbocycles. The van der Waals surface area contributed by atoms with Gasteiger partial charge in [0.2, 0.25) is 11.8 Å². The lowest BCUT2D eigenvalue weighted by molar-refractivity contribution is -0.135. The van der Waals surface area contributed by atoms with Crippen molar-refractivity contribution in [2.45, 2.75) is 128 Å². The number of hydrogen-bond donors (Lipinski definition) is 3. The minimum absolute atomic E-state index is 0.107. The van der Waals surface area contributed by atoms with Crippen LogP contribution in [0.2, 0.25) is 0 Å². The van der Waals surface area contributed by atoms with Crippen molar-refractivity contribution >= 4 is 11.8 Å². The molecule has 2 amide bonds. The van der Waals surface area contributed by atoms with Crippen LogP contribution in [0.15, 0.2) is 0 Å². The topological polar surface area (TPSA) is 101 Å². The summed E-state index contributed by atoms with van der Waals surface area (Å²) in [4.78, 5) is 27.0. The third kappa shape index (κ3) is 13.1. The Morgan fingerprint density at radius 2 is 1.58 bits per heavy atom. The molecule has 0 aromatic rings. The first-order chi connectivity index (χ1) is 15.1. The van der Waals surface area contributed by atoms with Crippen molar-refractivity contribution in [2.24, 2.45) is 11.5 Å². The van der Waals surface area contributed by atoms with Crippen molar-refractivity contribution in [1.29, 1.82) is 0 Å². The van der Waals surface area contributed by atoms with E-state index < -0.39 is 6.04 Å². The van der Waals surface area contributed by atoms with Crippen LogP contribution < -0.4 is 16.8 Å². The first-order valence-electron chi connectivity index (χ1n) is 13.1. The molecule has 0 radical (unpaired) electrons. The summed E-state index contributed by atoms with van der Waals surface area (Å²) in [5, 5.41) is 2.98. The number of nitrogens with zero attached hydrogens (tertiary/aromatic N) is 1. The normalized spacial score (nSPS) is 17.5. The van der Waals surface area contributed by atoms with E-state index in [1.54, 1.807) is 0 Å². The minimum atomic E-state index is -0.481. The average molecular weight is 439 g/mol. The second-order valence-electron chi connectivity index (χ2n) is 9.30. The van der Waals surface area contributed by atoms with Crippen molar-refractivity contribution in [1.82, 2.24) is 10.2 Å². The van der Waals surface area contributed by atoms with E-state index >= 15 is 0 Å². The van der Waals surface area contributed by atoms with Crippen molar-refractivity contribution in [3.63, 3.8) is 0 Å². The molecule has 6 heteroatoms. The Kier molecular flexibility index (Phi) is 16.6. The zero-order chi connectivity index (χ0) is 22.7. The summed E-state index contributed by atoms with van der Waals surface area (Å²) >= 11 is 0. The molecule has 0 saturated carbocycles. The van der Waals surface area contributed by atoms with Gasteiger partial charge in [0, 0.05) is 25.6 Å². The van der Waals surface area contributed by atoms with Crippen LogP contribution in [-0.4, -0.2) is 48.4 Å². The maximum Gasteiger partial charge on any atom is 0.236 e. The van der Waals surface area contributed by atoms with Crippen LogP contribution in [0.3, 0.4) is 0 Å². The Morgan fingerprint density at radius 1 is 0.935 bits per heavy atom. The van der Waals surface area contributed by atoms with E-state index in [1.807, 2.05) is 4.90 Å². The zero-order valence-corrected chi connectivity index (χ0v) is 20.2. The van der Waals surface area contributed by atoms with E-state index in [0.717, 1.165) is 51.5 Å². The maximum atomic E-state index is 12.8. The largest absolute Gasteiger partial charge is 0.353 e. The molecule has 1 rings (SSSR count). The number of nitrogens with two attached hydrogens (primary N) is 2. The third-order valence-corrected chi connectivity index (χ3v) is 6.51. The molecule has 2 atom stereocenters. The van der Waals surface area contributed by atoms with Crippen LogP contribution in [0.25, 0.3) is 0 Å². The Labute approximate surface area is 191 Å². The van der Waals surface area contributed by atoms with Gasteiger partial charge in [0.1, 0.15) is 0 Å². The molecule has 0 unspecified atom stereocenters. The van der Waals surface area contributed by atoms with Crippen LogP contribution in [0.4, 0.5) is 0 Å². The van der Waals surface area contributed by atoms with Crippen molar-refractivity contribution in [3.05, 3.63) is 0 Å². The van der Waals surface area contributed by atoms with E-state index in [1.165, 1.54) is 51.4 Å². The molecule has 5 N–H and O–H groups in total. The summed E-state index contributed by atoms with van der Waals surface area (Å²) in [5.74, 6) is 0.149. The molecule has 1 heterocycles. The summed E-state index contributed by atoms with van der Waals surface area (Å²) in [7, 11) is 0. The van der Waals surface area contributed by atoms with Gasteiger partial charge >= 0.3 is 0 Å². The lowest BCUT2D eigenvalue weighted by Crippen LogP contribution is -2.51. The second kappa shape index (κ2) is 18.4. The molecule has 1 fully saturated rings. The van der Waals surface area contributed by atoms with Crippen molar-refractivity contribution < 1.29 is 9.59 Å². The van der Waals surface area contributed by atoms with Gasteiger partial charge in [-0.2, -0.15) is 0 Å². The maximum absolute atomic E-state index is 12.8. The number of nitrogens with one attached hydrogen (secondary N) is 1. The molecular weight excluding hydrogens is 388 g/mol. The predicted molar refractivity (Wildman–Crippen MR) is 130 cm³/mol. The van der Waals surface area contributed by atoms with Crippen molar-refractivity contribution in [3.8, 4) is 0 Å². The van der Waals surface area contributed by atoms with Crippen LogP contribution in [0.1, 0.15) is 116 Å². The zero-order valence-electron chi connectivity index (χ0n) is 20.2. The fourth-order valence-electron chi connectivity index (χ4n) is 4.44. The summed E-state index contributed by atoms with van der Waals surface area (Å²) in [5.41, 5.74) is 11.5. The number of unbranched alkanes of at least 4 members (excludes halogenated alkanes) is 10.